The molecule has 0 heterocycles. The third-order valence-corrected chi connectivity index (χ3v) is 1.39. The summed E-state index contributed by atoms with van der Waals surface area (Å²) in [4.78, 5) is 0. The molecule has 0 spiro atoms. The van der Waals surface area contributed by atoms with E-state index < -0.39 is 0 Å². The van der Waals surface area contributed by atoms with E-state index in [1.165, 1.54) is 0 Å². The van der Waals surface area contributed by atoms with Crippen molar-refractivity contribution in [3.63, 3.8) is 0 Å². The van der Waals surface area contributed by atoms with E-state index in [-0.39, 0.29) is 12.5 Å². The SMILES string of the molecule is CCNCCOCC(C)CO. The van der Waals surface area contributed by atoms with Crippen molar-refractivity contribution in [2.24, 2.45) is 5.92 Å². The number of nitrogens with one attached hydrogen (secondary N) is 1. The van der Waals surface area contributed by atoms with Crippen molar-refractivity contribution >= 4 is 0 Å². The Bertz CT molecular complexity index is 78.5. The third-order valence-electron chi connectivity index (χ3n) is 1.39. The Kier molecular flexibility index (Phi) is 7.89. The lowest BCUT2D eigenvalue weighted by atomic mass is 10.2. The van der Waals surface area contributed by atoms with Crippen LogP contribution >= 0.6 is 0 Å². The summed E-state index contributed by atoms with van der Waals surface area (Å²) in [6.07, 6.45) is 0. The molecule has 68 valence electrons. The smallest absolute Gasteiger partial charge is 0.0591 e. The van der Waals surface area contributed by atoms with Crippen LogP contribution in [0.5, 0.6) is 0 Å². The Morgan fingerprint density at radius 2 is 2.27 bits per heavy atom. The molecule has 0 saturated carbocycles. The van der Waals surface area contributed by atoms with Crippen molar-refractivity contribution in [3.05, 3.63) is 0 Å². The summed E-state index contributed by atoms with van der Waals surface area (Å²) in [5.41, 5.74) is 0. The lowest BCUT2D eigenvalue weighted by molar-refractivity contribution is 0.0817. The average molecular weight is 161 g/mol. The molecule has 0 fully saturated rings. The minimum Gasteiger partial charge on any atom is -0.396 e. The Labute approximate surface area is 68.8 Å². The highest BCUT2D eigenvalue weighted by molar-refractivity contribution is 4.47. The first kappa shape index (κ1) is 10.9. The van der Waals surface area contributed by atoms with Crippen molar-refractivity contribution in [2.75, 3.05) is 32.9 Å². The van der Waals surface area contributed by atoms with Crippen LogP contribution in [0.4, 0.5) is 0 Å². The molecule has 0 rings (SSSR count). The van der Waals surface area contributed by atoms with Crippen LogP contribution in [0.2, 0.25) is 0 Å². The largest absolute Gasteiger partial charge is 0.396 e. The Hall–Kier alpha value is -0.120. The molecule has 1 atom stereocenters. The molecule has 0 aromatic rings. The van der Waals surface area contributed by atoms with Crippen molar-refractivity contribution in [1.82, 2.24) is 5.32 Å². The highest BCUT2D eigenvalue weighted by Gasteiger charge is 1.97. The zero-order valence-electron chi connectivity index (χ0n) is 7.47. The summed E-state index contributed by atoms with van der Waals surface area (Å²) < 4.78 is 5.27. The minimum absolute atomic E-state index is 0.210. The number of hydrogen-bond acceptors (Lipinski definition) is 3. The first-order valence-corrected chi connectivity index (χ1v) is 4.20. The molecule has 2 N–H and O–H groups in total. The normalized spacial score (nSPS) is 13.4. The van der Waals surface area contributed by atoms with Gasteiger partial charge in [-0.05, 0) is 6.54 Å². The molecule has 0 aliphatic heterocycles. The maximum Gasteiger partial charge on any atom is 0.0591 e. The second kappa shape index (κ2) is 7.98. The monoisotopic (exact) mass is 161 g/mol. The fraction of sp³-hybridized carbons (Fsp3) is 1.00. The first-order chi connectivity index (χ1) is 5.31. The van der Waals surface area contributed by atoms with E-state index in [4.69, 9.17) is 9.84 Å². The topological polar surface area (TPSA) is 41.5 Å². The van der Waals surface area contributed by atoms with E-state index in [1.54, 1.807) is 0 Å². The van der Waals surface area contributed by atoms with Gasteiger partial charge in [-0.25, -0.2) is 0 Å². The summed E-state index contributed by atoms with van der Waals surface area (Å²) in [7, 11) is 0. The van der Waals surface area contributed by atoms with Crippen molar-refractivity contribution < 1.29 is 9.84 Å². The molecule has 3 heteroatoms. The molecule has 0 aromatic heterocycles. The summed E-state index contributed by atoms with van der Waals surface area (Å²) in [6.45, 7) is 7.51. The summed E-state index contributed by atoms with van der Waals surface area (Å²) >= 11 is 0. The zero-order chi connectivity index (χ0) is 8.53. The molecular weight excluding hydrogens is 142 g/mol. The number of ether oxygens (including phenoxy) is 1. The maximum atomic E-state index is 8.64. The second-order valence-corrected chi connectivity index (χ2v) is 2.72. The second-order valence-electron chi connectivity index (χ2n) is 2.72. The van der Waals surface area contributed by atoms with E-state index in [1.807, 2.05) is 6.92 Å². The standard InChI is InChI=1S/C8H19NO2/c1-3-9-4-5-11-7-8(2)6-10/h8-10H,3-7H2,1-2H3. The van der Waals surface area contributed by atoms with Crippen LogP contribution in [0.1, 0.15) is 13.8 Å². The highest BCUT2D eigenvalue weighted by Crippen LogP contribution is 1.91. The van der Waals surface area contributed by atoms with E-state index in [0.29, 0.717) is 6.61 Å². The molecule has 3 nitrogen and oxygen atoms in total. The quantitative estimate of drug-likeness (QED) is 0.526. The van der Waals surface area contributed by atoms with Crippen LogP contribution in [-0.4, -0.2) is 38.0 Å². The minimum atomic E-state index is 0.210. The fourth-order valence-corrected chi connectivity index (χ4v) is 0.658. The van der Waals surface area contributed by atoms with Gasteiger partial charge in [0.05, 0.1) is 13.2 Å². The molecule has 0 bridgehead atoms. The van der Waals surface area contributed by atoms with Gasteiger partial charge in [0.2, 0.25) is 0 Å². The van der Waals surface area contributed by atoms with Gasteiger partial charge in [-0.15, -0.1) is 0 Å². The highest BCUT2D eigenvalue weighted by atomic mass is 16.5. The molecular formula is C8H19NO2. The average Bonchev–Trinajstić information content (AvgIpc) is 2.04. The maximum absolute atomic E-state index is 8.64. The van der Waals surface area contributed by atoms with E-state index in [2.05, 4.69) is 12.2 Å². The lowest BCUT2D eigenvalue weighted by Crippen LogP contribution is -2.20. The Morgan fingerprint density at radius 3 is 2.82 bits per heavy atom. The summed E-state index contributed by atoms with van der Waals surface area (Å²) in [5, 5.41) is 11.8. The Balaban J connectivity index is 2.89. The van der Waals surface area contributed by atoms with Crippen molar-refractivity contribution in [1.29, 1.82) is 0 Å². The van der Waals surface area contributed by atoms with Gasteiger partial charge in [0.15, 0.2) is 0 Å². The molecule has 0 aromatic carbocycles. The molecule has 0 aliphatic rings. The molecule has 0 amide bonds. The van der Waals surface area contributed by atoms with E-state index >= 15 is 0 Å². The number of aliphatic hydroxyl groups excluding tert-OH is 1. The molecule has 11 heavy (non-hydrogen) atoms. The van der Waals surface area contributed by atoms with E-state index in [9.17, 15) is 0 Å². The van der Waals surface area contributed by atoms with Gasteiger partial charge in [0, 0.05) is 19.1 Å². The van der Waals surface area contributed by atoms with Crippen LogP contribution in [0.3, 0.4) is 0 Å². The van der Waals surface area contributed by atoms with Gasteiger partial charge in [-0.3, -0.25) is 0 Å². The molecule has 0 radical (unpaired) electrons. The molecule has 1 unspecified atom stereocenters. The van der Waals surface area contributed by atoms with Crippen LogP contribution in [0.25, 0.3) is 0 Å². The van der Waals surface area contributed by atoms with Crippen LogP contribution < -0.4 is 5.32 Å². The van der Waals surface area contributed by atoms with Crippen molar-refractivity contribution in [2.45, 2.75) is 13.8 Å². The number of likely N-dealkylation sites (N-methyl/N-ethyl adjacent to an activating group) is 1. The molecule has 0 saturated heterocycles. The predicted octanol–water partition coefficient (Wildman–Crippen LogP) is 0.241. The summed E-state index contributed by atoms with van der Waals surface area (Å²) in [5.74, 6) is 0.261. The molecule has 0 aliphatic carbocycles. The summed E-state index contributed by atoms with van der Waals surface area (Å²) in [6, 6.07) is 0. The Morgan fingerprint density at radius 1 is 1.55 bits per heavy atom. The van der Waals surface area contributed by atoms with Crippen LogP contribution in [0.15, 0.2) is 0 Å². The number of aliphatic hydroxyl groups is 1. The van der Waals surface area contributed by atoms with Crippen LogP contribution in [-0.2, 0) is 4.74 Å². The van der Waals surface area contributed by atoms with Gasteiger partial charge in [0.25, 0.3) is 0 Å². The first-order valence-electron chi connectivity index (χ1n) is 4.20. The van der Waals surface area contributed by atoms with Gasteiger partial charge in [0.1, 0.15) is 0 Å². The van der Waals surface area contributed by atoms with Crippen LogP contribution in [0, 0.1) is 5.92 Å². The predicted molar refractivity (Wildman–Crippen MR) is 45.6 cm³/mol. The number of rotatable bonds is 7. The van der Waals surface area contributed by atoms with Crippen molar-refractivity contribution in [3.8, 4) is 0 Å². The van der Waals surface area contributed by atoms with Gasteiger partial charge in [-0.1, -0.05) is 13.8 Å². The zero-order valence-corrected chi connectivity index (χ0v) is 7.47. The third kappa shape index (κ3) is 7.78. The fourth-order valence-electron chi connectivity index (χ4n) is 0.658. The van der Waals surface area contributed by atoms with Gasteiger partial charge in [-0.2, -0.15) is 0 Å². The van der Waals surface area contributed by atoms with Gasteiger partial charge >= 0.3 is 0 Å². The lowest BCUT2D eigenvalue weighted by Gasteiger charge is -2.08. The van der Waals surface area contributed by atoms with Gasteiger partial charge < -0.3 is 15.2 Å². The number of hydrogen-bond donors (Lipinski definition) is 2. The van der Waals surface area contributed by atoms with E-state index in [0.717, 1.165) is 19.7 Å².